The number of aryl methyl sites for hydroxylation is 2. The average Bonchev–Trinajstić information content (AvgIpc) is 3.15. The van der Waals surface area contributed by atoms with Gasteiger partial charge in [-0.25, -0.2) is 4.79 Å². The van der Waals surface area contributed by atoms with Crippen LogP contribution in [0.1, 0.15) is 27.2 Å². The molecule has 4 rings (SSSR count). The number of anilines is 1. The van der Waals surface area contributed by atoms with Crippen molar-refractivity contribution in [3.63, 3.8) is 0 Å². The van der Waals surface area contributed by atoms with Gasteiger partial charge in [-0.15, -0.1) is 0 Å². The maximum Gasteiger partial charge on any atom is 0.375 e. The Morgan fingerprint density at radius 2 is 1.59 bits per heavy atom. The monoisotopic (exact) mass is 429 g/mol. The smallest absolute Gasteiger partial charge is 0.375 e. The Morgan fingerprint density at radius 3 is 2.34 bits per heavy atom. The van der Waals surface area contributed by atoms with E-state index in [1.807, 2.05) is 80.6 Å². The van der Waals surface area contributed by atoms with E-state index in [-0.39, 0.29) is 12.4 Å². The van der Waals surface area contributed by atoms with Crippen molar-refractivity contribution in [2.75, 3.05) is 11.9 Å². The highest BCUT2D eigenvalue weighted by Gasteiger charge is 2.23. The normalized spacial score (nSPS) is 10.7. The Labute approximate surface area is 185 Å². The van der Waals surface area contributed by atoms with E-state index in [9.17, 15) is 9.59 Å². The average molecular weight is 429 g/mol. The fourth-order valence-electron chi connectivity index (χ4n) is 3.52. The number of furan rings is 1. The van der Waals surface area contributed by atoms with Gasteiger partial charge in [-0.2, -0.15) is 0 Å². The minimum atomic E-state index is -0.719. The van der Waals surface area contributed by atoms with Gasteiger partial charge in [0.2, 0.25) is 5.76 Å². The predicted molar refractivity (Wildman–Crippen MR) is 122 cm³/mol. The molecule has 0 radical (unpaired) electrons. The summed E-state index contributed by atoms with van der Waals surface area (Å²) < 4.78 is 16.8. The molecule has 0 aliphatic rings. The summed E-state index contributed by atoms with van der Waals surface area (Å²) in [5.74, 6) is -0.448. The van der Waals surface area contributed by atoms with Gasteiger partial charge >= 0.3 is 5.97 Å². The number of benzene rings is 3. The third-order valence-electron chi connectivity index (χ3n) is 4.85. The van der Waals surface area contributed by atoms with Gasteiger partial charge in [0.1, 0.15) is 17.9 Å². The van der Waals surface area contributed by atoms with E-state index in [2.05, 4.69) is 5.32 Å². The van der Waals surface area contributed by atoms with Crippen molar-refractivity contribution >= 4 is 28.5 Å². The zero-order chi connectivity index (χ0) is 22.5. The van der Waals surface area contributed by atoms with Crippen LogP contribution in [0.2, 0.25) is 0 Å². The zero-order valence-corrected chi connectivity index (χ0v) is 17.9. The number of nitrogens with one attached hydrogen (secondary N) is 1. The molecule has 0 atom stereocenters. The van der Waals surface area contributed by atoms with E-state index < -0.39 is 18.5 Å². The number of carbonyl (C=O) groups is 2. The van der Waals surface area contributed by atoms with Crippen molar-refractivity contribution in [3.8, 4) is 5.75 Å². The van der Waals surface area contributed by atoms with Gasteiger partial charge in [-0.1, -0.05) is 42.5 Å². The van der Waals surface area contributed by atoms with Crippen molar-refractivity contribution in [1.82, 2.24) is 0 Å². The lowest BCUT2D eigenvalue weighted by Crippen LogP contribution is -2.21. The molecule has 0 unspecified atom stereocenters. The maximum absolute atomic E-state index is 12.8. The van der Waals surface area contributed by atoms with Gasteiger partial charge in [0.25, 0.3) is 5.91 Å². The van der Waals surface area contributed by atoms with E-state index in [1.54, 1.807) is 6.07 Å². The fraction of sp³-hybridized carbons (Fsp3) is 0.154. The molecule has 4 aromatic rings. The fourth-order valence-corrected chi connectivity index (χ4v) is 3.52. The van der Waals surface area contributed by atoms with Crippen LogP contribution in [0.25, 0.3) is 11.0 Å². The predicted octanol–water partition coefficient (Wildman–Crippen LogP) is 5.42. The molecule has 3 aromatic carbocycles. The SMILES string of the molecule is Cc1cc(C)cc(NC(=O)COC(=O)c2oc3ccccc3c2COc2ccccc2)c1. The molecular formula is C26H23NO5. The number of rotatable bonds is 7. The van der Waals surface area contributed by atoms with E-state index in [1.165, 1.54) is 0 Å². The molecule has 0 aliphatic heterocycles. The maximum atomic E-state index is 12.8. The highest BCUT2D eigenvalue weighted by molar-refractivity contribution is 5.98. The lowest BCUT2D eigenvalue weighted by Gasteiger charge is -2.09. The van der Waals surface area contributed by atoms with Gasteiger partial charge in [-0.05, 0) is 55.3 Å². The number of esters is 1. The first-order valence-corrected chi connectivity index (χ1v) is 10.2. The van der Waals surface area contributed by atoms with Crippen LogP contribution >= 0.6 is 0 Å². The second kappa shape index (κ2) is 9.39. The van der Waals surface area contributed by atoms with Crippen LogP contribution in [-0.2, 0) is 16.1 Å². The first kappa shape index (κ1) is 21.2. The Kier molecular flexibility index (Phi) is 6.22. The van der Waals surface area contributed by atoms with Gasteiger partial charge in [-0.3, -0.25) is 4.79 Å². The van der Waals surface area contributed by atoms with E-state index in [0.29, 0.717) is 22.6 Å². The number of hydrogen-bond donors (Lipinski definition) is 1. The lowest BCUT2D eigenvalue weighted by molar-refractivity contribution is -0.119. The minimum absolute atomic E-state index is 0.0290. The zero-order valence-electron chi connectivity index (χ0n) is 17.9. The molecule has 0 saturated carbocycles. The van der Waals surface area contributed by atoms with Crippen LogP contribution in [0.4, 0.5) is 5.69 Å². The first-order valence-electron chi connectivity index (χ1n) is 10.2. The molecule has 0 fully saturated rings. The Bertz CT molecular complexity index is 1240. The number of hydrogen-bond acceptors (Lipinski definition) is 5. The summed E-state index contributed by atoms with van der Waals surface area (Å²) in [5, 5.41) is 3.51. The van der Waals surface area contributed by atoms with Crippen LogP contribution in [0.3, 0.4) is 0 Å². The van der Waals surface area contributed by atoms with Crippen molar-refractivity contribution in [3.05, 3.63) is 95.2 Å². The topological polar surface area (TPSA) is 77.8 Å². The van der Waals surface area contributed by atoms with Crippen molar-refractivity contribution < 1.29 is 23.5 Å². The number of ether oxygens (including phenoxy) is 2. The standard InChI is InChI=1S/C26H23NO5/c1-17-12-18(2)14-19(13-17)27-24(28)16-31-26(29)25-22(15-30-20-8-4-3-5-9-20)21-10-6-7-11-23(21)32-25/h3-14H,15-16H2,1-2H3,(H,27,28). The van der Waals surface area contributed by atoms with Crippen molar-refractivity contribution in [2.45, 2.75) is 20.5 Å². The van der Waals surface area contributed by atoms with Crippen molar-refractivity contribution in [1.29, 1.82) is 0 Å². The molecule has 0 bridgehead atoms. The van der Waals surface area contributed by atoms with Crippen LogP contribution in [0.15, 0.2) is 77.2 Å². The molecule has 6 heteroatoms. The molecule has 1 N–H and O–H groups in total. The van der Waals surface area contributed by atoms with Crippen molar-refractivity contribution in [2.24, 2.45) is 0 Å². The summed E-state index contributed by atoms with van der Waals surface area (Å²) in [6, 6.07) is 22.3. The van der Waals surface area contributed by atoms with E-state index in [4.69, 9.17) is 13.9 Å². The first-order chi connectivity index (χ1) is 15.5. The van der Waals surface area contributed by atoms with Crippen LogP contribution < -0.4 is 10.1 Å². The molecule has 1 heterocycles. The van der Waals surface area contributed by atoms with E-state index in [0.717, 1.165) is 16.5 Å². The molecule has 0 spiro atoms. The molecule has 0 saturated heterocycles. The third kappa shape index (κ3) is 4.98. The quantitative estimate of drug-likeness (QED) is 0.397. The second-order valence-electron chi connectivity index (χ2n) is 7.51. The number of carbonyl (C=O) groups excluding carboxylic acids is 2. The van der Waals surface area contributed by atoms with Gasteiger partial charge in [0.05, 0.1) is 5.56 Å². The summed E-state index contributed by atoms with van der Waals surface area (Å²) >= 11 is 0. The Morgan fingerprint density at radius 1 is 0.906 bits per heavy atom. The van der Waals surface area contributed by atoms with Gasteiger partial charge in [0, 0.05) is 11.1 Å². The van der Waals surface area contributed by atoms with E-state index >= 15 is 0 Å². The summed E-state index contributed by atoms with van der Waals surface area (Å²) in [5.41, 5.74) is 3.84. The third-order valence-corrected chi connectivity index (χ3v) is 4.85. The summed E-state index contributed by atoms with van der Waals surface area (Å²) in [6.07, 6.45) is 0. The minimum Gasteiger partial charge on any atom is -0.489 e. The number of amides is 1. The Hall–Kier alpha value is -4.06. The lowest BCUT2D eigenvalue weighted by atomic mass is 10.1. The summed E-state index contributed by atoms with van der Waals surface area (Å²) in [7, 11) is 0. The molecular weight excluding hydrogens is 406 g/mol. The number of fused-ring (bicyclic) bond motifs is 1. The second-order valence-corrected chi connectivity index (χ2v) is 7.51. The van der Waals surface area contributed by atoms with Crippen LogP contribution in [-0.4, -0.2) is 18.5 Å². The Balaban J connectivity index is 1.47. The van der Waals surface area contributed by atoms with Crippen LogP contribution in [0.5, 0.6) is 5.75 Å². The highest BCUT2D eigenvalue weighted by Crippen LogP contribution is 2.28. The molecule has 1 aromatic heterocycles. The number of para-hydroxylation sites is 2. The molecule has 0 aliphatic carbocycles. The van der Waals surface area contributed by atoms with Gasteiger partial charge < -0.3 is 19.2 Å². The molecule has 162 valence electrons. The molecule has 32 heavy (non-hydrogen) atoms. The highest BCUT2D eigenvalue weighted by atomic mass is 16.5. The summed E-state index contributed by atoms with van der Waals surface area (Å²) in [4.78, 5) is 25.1. The van der Waals surface area contributed by atoms with Crippen LogP contribution in [0, 0.1) is 13.8 Å². The molecule has 6 nitrogen and oxygen atoms in total. The molecule has 1 amide bonds. The largest absolute Gasteiger partial charge is 0.489 e. The van der Waals surface area contributed by atoms with Gasteiger partial charge in [0.15, 0.2) is 6.61 Å². The summed E-state index contributed by atoms with van der Waals surface area (Å²) in [6.45, 7) is 3.59.